The minimum absolute atomic E-state index is 0.107. The van der Waals surface area contributed by atoms with Crippen LogP contribution in [0, 0.1) is 0 Å². The molecule has 2 heterocycles. The molecule has 86 valence electrons. The second-order valence-electron chi connectivity index (χ2n) is 3.16. The van der Waals surface area contributed by atoms with E-state index in [4.69, 9.17) is 9.47 Å². The normalized spacial score (nSPS) is 13.7. The first-order valence-electron chi connectivity index (χ1n) is 4.82. The Morgan fingerprint density at radius 2 is 2.38 bits per heavy atom. The van der Waals surface area contributed by atoms with Gasteiger partial charge in [0.15, 0.2) is 5.82 Å². The fourth-order valence-electron chi connectivity index (χ4n) is 1.24. The van der Waals surface area contributed by atoms with Gasteiger partial charge in [-0.2, -0.15) is 4.98 Å². The topological polar surface area (TPSA) is 85.4 Å². The SMILES string of the molecule is COCCOc1ncc2c(n1)NCC(=O)N2. The van der Waals surface area contributed by atoms with Gasteiger partial charge in [0, 0.05) is 7.11 Å². The van der Waals surface area contributed by atoms with E-state index in [2.05, 4.69) is 20.6 Å². The van der Waals surface area contributed by atoms with Gasteiger partial charge in [-0.25, -0.2) is 4.98 Å². The molecule has 0 radical (unpaired) electrons. The molecule has 2 rings (SSSR count). The highest BCUT2D eigenvalue weighted by atomic mass is 16.5. The molecule has 2 N–H and O–H groups in total. The standard InChI is InChI=1S/C9H12N4O3/c1-15-2-3-16-9-11-4-6-8(13-9)10-5-7(14)12-6/h4H,2-3,5H2,1H3,(H,12,14)(H,10,11,13). The molecule has 1 aliphatic rings. The predicted octanol–water partition coefficient (Wildman–Crippen LogP) is -0.134. The van der Waals surface area contributed by atoms with Crippen LogP contribution in [0.25, 0.3) is 0 Å². The van der Waals surface area contributed by atoms with Crippen LogP contribution in [0.1, 0.15) is 0 Å². The molecular weight excluding hydrogens is 212 g/mol. The monoisotopic (exact) mass is 224 g/mol. The molecule has 1 amide bonds. The van der Waals surface area contributed by atoms with Crippen molar-refractivity contribution in [3.05, 3.63) is 6.20 Å². The van der Waals surface area contributed by atoms with Crippen molar-refractivity contribution in [1.29, 1.82) is 0 Å². The van der Waals surface area contributed by atoms with Crippen molar-refractivity contribution in [2.45, 2.75) is 0 Å². The summed E-state index contributed by atoms with van der Waals surface area (Å²) in [4.78, 5) is 19.1. The maximum absolute atomic E-state index is 11.0. The van der Waals surface area contributed by atoms with E-state index in [1.807, 2.05) is 0 Å². The van der Waals surface area contributed by atoms with Gasteiger partial charge in [0.25, 0.3) is 0 Å². The summed E-state index contributed by atoms with van der Waals surface area (Å²) in [6.45, 7) is 1.08. The van der Waals surface area contributed by atoms with E-state index in [9.17, 15) is 4.79 Å². The number of amides is 1. The lowest BCUT2D eigenvalue weighted by Gasteiger charge is -2.17. The summed E-state index contributed by atoms with van der Waals surface area (Å²) in [7, 11) is 1.59. The molecule has 0 aliphatic carbocycles. The zero-order valence-corrected chi connectivity index (χ0v) is 8.82. The quantitative estimate of drug-likeness (QED) is 0.693. The van der Waals surface area contributed by atoms with E-state index < -0.39 is 0 Å². The third-order valence-corrected chi connectivity index (χ3v) is 1.98. The summed E-state index contributed by atoms with van der Waals surface area (Å²) in [5.74, 6) is 0.464. The van der Waals surface area contributed by atoms with Gasteiger partial charge in [0.05, 0.1) is 19.3 Å². The highest BCUT2D eigenvalue weighted by molar-refractivity contribution is 5.99. The van der Waals surface area contributed by atoms with Crippen molar-refractivity contribution >= 4 is 17.4 Å². The van der Waals surface area contributed by atoms with E-state index >= 15 is 0 Å². The molecule has 0 atom stereocenters. The Hall–Kier alpha value is -1.89. The zero-order chi connectivity index (χ0) is 11.4. The van der Waals surface area contributed by atoms with Gasteiger partial charge in [-0.1, -0.05) is 0 Å². The average Bonchev–Trinajstić information content (AvgIpc) is 2.29. The van der Waals surface area contributed by atoms with Crippen molar-refractivity contribution in [2.24, 2.45) is 0 Å². The highest BCUT2D eigenvalue weighted by Crippen LogP contribution is 2.22. The molecule has 1 aliphatic heterocycles. The molecule has 7 heteroatoms. The lowest BCUT2D eigenvalue weighted by Crippen LogP contribution is -2.28. The van der Waals surface area contributed by atoms with Gasteiger partial charge in [-0.3, -0.25) is 4.79 Å². The van der Waals surface area contributed by atoms with Gasteiger partial charge in [0.1, 0.15) is 12.3 Å². The van der Waals surface area contributed by atoms with Crippen molar-refractivity contribution in [2.75, 3.05) is 37.5 Å². The van der Waals surface area contributed by atoms with Crippen LogP contribution in [0.5, 0.6) is 6.01 Å². The van der Waals surface area contributed by atoms with Crippen LogP contribution in [0.2, 0.25) is 0 Å². The fourth-order valence-corrected chi connectivity index (χ4v) is 1.24. The number of ether oxygens (including phenoxy) is 2. The molecule has 0 spiro atoms. The van der Waals surface area contributed by atoms with E-state index in [-0.39, 0.29) is 18.5 Å². The number of carbonyl (C=O) groups is 1. The van der Waals surface area contributed by atoms with Gasteiger partial charge < -0.3 is 20.1 Å². The van der Waals surface area contributed by atoms with Gasteiger partial charge >= 0.3 is 6.01 Å². The maximum atomic E-state index is 11.0. The number of nitrogens with one attached hydrogen (secondary N) is 2. The zero-order valence-electron chi connectivity index (χ0n) is 8.82. The van der Waals surface area contributed by atoms with E-state index in [1.54, 1.807) is 7.11 Å². The second-order valence-corrected chi connectivity index (χ2v) is 3.16. The average molecular weight is 224 g/mol. The van der Waals surface area contributed by atoms with Gasteiger partial charge in [0.2, 0.25) is 5.91 Å². The molecule has 1 aromatic rings. The Morgan fingerprint density at radius 3 is 3.19 bits per heavy atom. The number of rotatable bonds is 4. The Balaban J connectivity index is 2.04. The van der Waals surface area contributed by atoms with Crippen LogP contribution in [0.3, 0.4) is 0 Å². The van der Waals surface area contributed by atoms with Crippen LogP contribution in [0.4, 0.5) is 11.5 Å². The first-order chi connectivity index (χ1) is 7.79. The summed E-state index contributed by atoms with van der Waals surface area (Å²) < 4.78 is 10.1. The second kappa shape index (κ2) is 4.75. The molecule has 0 bridgehead atoms. The summed E-state index contributed by atoms with van der Waals surface area (Å²) in [5.41, 5.74) is 0.565. The lowest BCUT2D eigenvalue weighted by atomic mass is 10.3. The highest BCUT2D eigenvalue weighted by Gasteiger charge is 2.16. The number of carbonyl (C=O) groups excluding carboxylic acids is 1. The number of anilines is 2. The number of aromatic nitrogens is 2. The molecule has 0 saturated heterocycles. The van der Waals surface area contributed by atoms with Crippen molar-refractivity contribution < 1.29 is 14.3 Å². The molecule has 0 fully saturated rings. The van der Waals surface area contributed by atoms with Gasteiger partial charge in [-0.15, -0.1) is 0 Å². The first kappa shape index (κ1) is 10.6. The summed E-state index contributed by atoms with van der Waals surface area (Å²) in [6.07, 6.45) is 1.51. The first-order valence-corrected chi connectivity index (χ1v) is 4.82. The minimum Gasteiger partial charge on any atom is -0.461 e. The summed E-state index contributed by atoms with van der Waals surface area (Å²) >= 11 is 0. The Bertz CT molecular complexity index is 396. The fraction of sp³-hybridized carbons (Fsp3) is 0.444. The smallest absolute Gasteiger partial charge is 0.318 e. The third-order valence-electron chi connectivity index (χ3n) is 1.98. The molecular formula is C9H12N4O3. The number of hydrogen-bond donors (Lipinski definition) is 2. The van der Waals surface area contributed by atoms with Crippen LogP contribution >= 0.6 is 0 Å². The predicted molar refractivity (Wildman–Crippen MR) is 56.5 cm³/mol. The third kappa shape index (κ3) is 2.37. The molecule has 1 aromatic heterocycles. The molecule has 0 aromatic carbocycles. The summed E-state index contributed by atoms with van der Waals surface area (Å²) in [6, 6.07) is 0.263. The van der Waals surface area contributed by atoms with E-state index in [0.29, 0.717) is 24.7 Å². The number of fused-ring (bicyclic) bond motifs is 1. The number of nitrogens with zero attached hydrogens (tertiary/aromatic N) is 2. The molecule has 0 unspecified atom stereocenters. The largest absolute Gasteiger partial charge is 0.461 e. The van der Waals surface area contributed by atoms with Crippen LogP contribution in [0.15, 0.2) is 6.20 Å². The number of methoxy groups -OCH3 is 1. The Labute approximate surface area is 92.2 Å². The molecule has 16 heavy (non-hydrogen) atoms. The Morgan fingerprint density at radius 1 is 1.50 bits per heavy atom. The van der Waals surface area contributed by atoms with Crippen molar-refractivity contribution in [3.63, 3.8) is 0 Å². The van der Waals surface area contributed by atoms with Crippen molar-refractivity contribution in [3.8, 4) is 6.01 Å². The summed E-state index contributed by atoms with van der Waals surface area (Å²) in [5, 5.41) is 5.52. The molecule has 7 nitrogen and oxygen atoms in total. The van der Waals surface area contributed by atoms with Crippen LogP contribution in [-0.2, 0) is 9.53 Å². The van der Waals surface area contributed by atoms with E-state index in [0.717, 1.165) is 0 Å². The van der Waals surface area contributed by atoms with Crippen LogP contribution in [-0.4, -0.2) is 42.7 Å². The molecule has 0 saturated carbocycles. The maximum Gasteiger partial charge on any atom is 0.318 e. The van der Waals surface area contributed by atoms with E-state index in [1.165, 1.54) is 6.20 Å². The Kier molecular flexibility index (Phi) is 3.16. The number of hydrogen-bond acceptors (Lipinski definition) is 6. The van der Waals surface area contributed by atoms with Crippen molar-refractivity contribution in [1.82, 2.24) is 9.97 Å². The lowest BCUT2D eigenvalue weighted by molar-refractivity contribution is -0.114. The van der Waals surface area contributed by atoms with Gasteiger partial charge in [-0.05, 0) is 0 Å². The van der Waals surface area contributed by atoms with Crippen LogP contribution < -0.4 is 15.4 Å². The minimum atomic E-state index is -0.107.